The maximum absolute atomic E-state index is 12.1. The van der Waals surface area contributed by atoms with E-state index in [1.807, 2.05) is 32.0 Å². The summed E-state index contributed by atoms with van der Waals surface area (Å²) >= 11 is 0. The van der Waals surface area contributed by atoms with E-state index in [-0.39, 0.29) is 5.91 Å². The van der Waals surface area contributed by atoms with Gasteiger partial charge in [-0.1, -0.05) is 6.07 Å². The van der Waals surface area contributed by atoms with E-state index in [0.717, 1.165) is 11.4 Å². The van der Waals surface area contributed by atoms with Gasteiger partial charge in [-0.25, -0.2) is 0 Å². The number of hydrogen-bond acceptors (Lipinski definition) is 3. The molecular weight excluding hydrogens is 228 g/mol. The van der Waals surface area contributed by atoms with Crippen molar-refractivity contribution in [3.05, 3.63) is 53.7 Å². The van der Waals surface area contributed by atoms with Gasteiger partial charge >= 0.3 is 0 Å². The molecule has 0 unspecified atom stereocenters. The molecule has 0 saturated carbocycles. The molecule has 4 heteroatoms. The van der Waals surface area contributed by atoms with Crippen LogP contribution in [0.25, 0.3) is 0 Å². The molecule has 1 amide bonds. The molecule has 0 aliphatic rings. The molecule has 0 aliphatic heterocycles. The van der Waals surface area contributed by atoms with E-state index in [2.05, 4.69) is 4.98 Å². The van der Waals surface area contributed by atoms with Gasteiger partial charge in [-0.15, -0.1) is 0 Å². The van der Waals surface area contributed by atoms with Crippen LogP contribution in [0, 0.1) is 6.92 Å². The third-order valence-corrected chi connectivity index (χ3v) is 2.70. The average molecular weight is 244 g/mol. The van der Waals surface area contributed by atoms with Gasteiger partial charge in [0.15, 0.2) is 5.76 Å². The molecule has 0 spiro atoms. The van der Waals surface area contributed by atoms with Crippen LogP contribution in [-0.2, 0) is 6.54 Å². The lowest BCUT2D eigenvalue weighted by atomic mass is 10.3. The van der Waals surface area contributed by atoms with Crippen LogP contribution in [0.5, 0.6) is 0 Å². The van der Waals surface area contributed by atoms with Crippen LogP contribution in [0.2, 0.25) is 0 Å². The topological polar surface area (TPSA) is 46.3 Å². The van der Waals surface area contributed by atoms with Crippen LogP contribution in [-0.4, -0.2) is 22.3 Å². The number of aromatic nitrogens is 1. The van der Waals surface area contributed by atoms with Crippen molar-refractivity contribution in [1.29, 1.82) is 0 Å². The van der Waals surface area contributed by atoms with Gasteiger partial charge in [0.1, 0.15) is 0 Å². The van der Waals surface area contributed by atoms with Crippen LogP contribution >= 0.6 is 0 Å². The lowest BCUT2D eigenvalue weighted by Crippen LogP contribution is -2.30. The summed E-state index contributed by atoms with van der Waals surface area (Å²) in [7, 11) is 0. The predicted molar refractivity (Wildman–Crippen MR) is 68.1 cm³/mol. The van der Waals surface area contributed by atoms with Crippen molar-refractivity contribution >= 4 is 5.91 Å². The molecule has 0 aliphatic carbocycles. The molecule has 2 aromatic rings. The molecular formula is C14H16N2O2. The maximum Gasteiger partial charge on any atom is 0.289 e. The first-order chi connectivity index (χ1) is 8.70. The molecule has 0 bridgehead atoms. The van der Waals surface area contributed by atoms with Crippen LogP contribution in [0.1, 0.15) is 28.9 Å². The van der Waals surface area contributed by atoms with E-state index in [1.54, 1.807) is 17.0 Å². The highest BCUT2D eigenvalue weighted by Gasteiger charge is 2.17. The Labute approximate surface area is 106 Å². The zero-order chi connectivity index (χ0) is 13.0. The fraction of sp³-hybridized carbons (Fsp3) is 0.286. The molecule has 0 N–H and O–H groups in total. The standard InChI is InChI=1S/C14H16N2O2/c1-3-16(14(17)13-8-5-9-18-13)10-12-7-4-6-11(2)15-12/h4-9H,3,10H2,1-2H3. The van der Waals surface area contributed by atoms with Gasteiger partial charge < -0.3 is 9.32 Å². The number of hydrogen-bond donors (Lipinski definition) is 0. The summed E-state index contributed by atoms with van der Waals surface area (Å²) in [6, 6.07) is 9.20. The Morgan fingerprint density at radius 2 is 2.17 bits per heavy atom. The normalized spacial score (nSPS) is 10.3. The third kappa shape index (κ3) is 2.77. The van der Waals surface area contributed by atoms with E-state index in [4.69, 9.17) is 4.42 Å². The quantitative estimate of drug-likeness (QED) is 0.830. The summed E-state index contributed by atoms with van der Waals surface area (Å²) in [4.78, 5) is 18.2. The summed E-state index contributed by atoms with van der Waals surface area (Å²) < 4.78 is 5.13. The van der Waals surface area contributed by atoms with Crippen molar-refractivity contribution in [2.45, 2.75) is 20.4 Å². The van der Waals surface area contributed by atoms with Crippen molar-refractivity contribution in [2.24, 2.45) is 0 Å². The second kappa shape index (κ2) is 5.49. The largest absolute Gasteiger partial charge is 0.459 e. The molecule has 0 atom stereocenters. The SMILES string of the molecule is CCN(Cc1cccc(C)n1)C(=O)c1ccco1. The first kappa shape index (κ1) is 12.4. The Bertz CT molecular complexity index is 520. The van der Waals surface area contributed by atoms with E-state index in [9.17, 15) is 4.79 Å². The molecule has 0 radical (unpaired) electrons. The lowest BCUT2D eigenvalue weighted by molar-refractivity contribution is 0.0718. The zero-order valence-corrected chi connectivity index (χ0v) is 10.6. The fourth-order valence-corrected chi connectivity index (χ4v) is 1.77. The van der Waals surface area contributed by atoms with Crippen molar-refractivity contribution in [3.63, 3.8) is 0 Å². The highest BCUT2D eigenvalue weighted by molar-refractivity contribution is 5.91. The van der Waals surface area contributed by atoms with E-state index in [0.29, 0.717) is 18.8 Å². The average Bonchev–Trinajstić information content (AvgIpc) is 2.89. The lowest BCUT2D eigenvalue weighted by Gasteiger charge is -2.19. The fourth-order valence-electron chi connectivity index (χ4n) is 1.77. The number of pyridine rings is 1. The van der Waals surface area contributed by atoms with Crippen LogP contribution in [0.15, 0.2) is 41.0 Å². The van der Waals surface area contributed by atoms with Crippen molar-refractivity contribution in [3.8, 4) is 0 Å². The van der Waals surface area contributed by atoms with Crippen molar-refractivity contribution < 1.29 is 9.21 Å². The van der Waals surface area contributed by atoms with Gasteiger partial charge in [0.2, 0.25) is 0 Å². The zero-order valence-electron chi connectivity index (χ0n) is 10.6. The second-order valence-electron chi connectivity index (χ2n) is 4.07. The van der Waals surface area contributed by atoms with Crippen LogP contribution in [0.4, 0.5) is 0 Å². The Balaban J connectivity index is 2.12. The third-order valence-electron chi connectivity index (χ3n) is 2.70. The molecule has 0 fully saturated rings. The summed E-state index contributed by atoms with van der Waals surface area (Å²) in [6.07, 6.45) is 1.51. The molecule has 94 valence electrons. The highest BCUT2D eigenvalue weighted by Crippen LogP contribution is 2.09. The van der Waals surface area contributed by atoms with E-state index < -0.39 is 0 Å². The minimum absolute atomic E-state index is 0.106. The van der Waals surface area contributed by atoms with Gasteiger partial charge in [0.25, 0.3) is 5.91 Å². The maximum atomic E-state index is 12.1. The number of aryl methyl sites for hydroxylation is 1. The summed E-state index contributed by atoms with van der Waals surface area (Å²) in [5, 5.41) is 0. The van der Waals surface area contributed by atoms with Crippen LogP contribution in [0.3, 0.4) is 0 Å². The molecule has 18 heavy (non-hydrogen) atoms. The minimum Gasteiger partial charge on any atom is -0.459 e. The molecule has 2 aromatic heterocycles. The van der Waals surface area contributed by atoms with Gasteiger partial charge in [-0.05, 0) is 38.1 Å². The number of furan rings is 1. The number of rotatable bonds is 4. The summed E-state index contributed by atoms with van der Waals surface area (Å²) in [6.45, 7) is 5.00. The molecule has 0 saturated heterocycles. The minimum atomic E-state index is -0.106. The number of nitrogens with zero attached hydrogens (tertiary/aromatic N) is 2. The van der Waals surface area contributed by atoms with E-state index >= 15 is 0 Å². The molecule has 0 aromatic carbocycles. The molecule has 2 heterocycles. The first-order valence-electron chi connectivity index (χ1n) is 5.96. The second-order valence-corrected chi connectivity index (χ2v) is 4.07. The van der Waals surface area contributed by atoms with Crippen molar-refractivity contribution in [1.82, 2.24) is 9.88 Å². The molecule has 4 nitrogen and oxygen atoms in total. The first-order valence-corrected chi connectivity index (χ1v) is 5.96. The highest BCUT2D eigenvalue weighted by atomic mass is 16.3. The van der Waals surface area contributed by atoms with Gasteiger partial charge in [-0.3, -0.25) is 9.78 Å². The number of carbonyl (C=O) groups excluding carboxylic acids is 1. The van der Waals surface area contributed by atoms with Crippen LogP contribution < -0.4 is 0 Å². The Kier molecular flexibility index (Phi) is 3.77. The van der Waals surface area contributed by atoms with Gasteiger partial charge in [-0.2, -0.15) is 0 Å². The summed E-state index contributed by atoms with van der Waals surface area (Å²) in [5.41, 5.74) is 1.84. The number of amides is 1. The number of carbonyl (C=O) groups is 1. The van der Waals surface area contributed by atoms with E-state index in [1.165, 1.54) is 6.26 Å². The summed E-state index contributed by atoms with van der Waals surface area (Å²) in [5.74, 6) is 0.260. The Morgan fingerprint density at radius 1 is 1.33 bits per heavy atom. The monoisotopic (exact) mass is 244 g/mol. The Morgan fingerprint density at radius 3 is 2.78 bits per heavy atom. The van der Waals surface area contributed by atoms with Gasteiger partial charge in [0, 0.05) is 12.2 Å². The predicted octanol–water partition coefficient (Wildman–Crippen LogP) is 2.65. The molecule has 2 rings (SSSR count). The smallest absolute Gasteiger partial charge is 0.289 e. The van der Waals surface area contributed by atoms with Gasteiger partial charge in [0.05, 0.1) is 18.5 Å². The van der Waals surface area contributed by atoms with Crippen molar-refractivity contribution in [2.75, 3.05) is 6.54 Å². The Hall–Kier alpha value is -2.10.